The highest BCUT2D eigenvalue weighted by Crippen LogP contribution is 2.31. The second kappa shape index (κ2) is 5.85. The van der Waals surface area contributed by atoms with Gasteiger partial charge in [-0.05, 0) is 38.8 Å². The number of nitrogens with zero attached hydrogens (tertiary/aromatic N) is 1. The van der Waals surface area contributed by atoms with E-state index in [4.69, 9.17) is 5.11 Å². The predicted molar refractivity (Wildman–Crippen MR) is 72.4 cm³/mol. The standard InChI is InChI=1S/C13H17FN2O4/c1-8-6-10(11(16(19)20)7-9(8)14)15-13(2,3)5-4-12(17)18/h6-7,15H,4-5H2,1-3H3,(H,17,18). The number of hydrogen-bond acceptors (Lipinski definition) is 4. The topological polar surface area (TPSA) is 92.5 Å². The van der Waals surface area contributed by atoms with E-state index in [1.807, 2.05) is 0 Å². The summed E-state index contributed by atoms with van der Waals surface area (Å²) in [6, 6.07) is 2.22. The Morgan fingerprint density at radius 1 is 1.50 bits per heavy atom. The van der Waals surface area contributed by atoms with Gasteiger partial charge in [-0.15, -0.1) is 0 Å². The molecule has 0 aliphatic heterocycles. The predicted octanol–water partition coefficient (Wildman–Crippen LogP) is 3.10. The summed E-state index contributed by atoms with van der Waals surface area (Å²) in [5.41, 5.74) is -0.555. The number of aliphatic carboxylic acids is 1. The number of rotatable bonds is 6. The Labute approximate surface area is 115 Å². The average Bonchev–Trinajstić information content (AvgIpc) is 2.30. The zero-order valence-electron chi connectivity index (χ0n) is 11.6. The van der Waals surface area contributed by atoms with Crippen LogP contribution in [0.1, 0.15) is 32.3 Å². The van der Waals surface area contributed by atoms with Crippen LogP contribution >= 0.6 is 0 Å². The van der Waals surface area contributed by atoms with E-state index < -0.39 is 22.2 Å². The van der Waals surface area contributed by atoms with Crippen molar-refractivity contribution in [2.45, 2.75) is 39.2 Å². The quantitative estimate of drug-likeness (QED) is 0.618. The molecule has 0 radical (unpaired) electrons. The van der Waals surface area contributed by atoms with Crippen molar-refractivity contribution in [2.24, 2.45) is 0 Å². The van der Waals surface area contributed by atoms with Gasteiger partial charge in [0, 0.05) is 12.0 Å². The van der Waals surface area contributed by atoms with E-state index in [-0.39, 0.29) is 29.8 Å². The first kappa shape index (κ1) is 15.9. The molecule has 0 spiro atoms. The van der Waals surface area contributed by atoms with Crippen molar-refractivity contribution < 1.29 is 19.2 Å². The molecular formula is C13H17FN2O4. The lowest BCUT2D eigenvalue weighted by Gasteiger charge is -2.27. The first-order valence-electron chi connectivity index (χ1n) is 6.07. The lowest BCUT2D eigenvalue weighted by molar-refractivity contribution is -0.384. The first-order chi connectivity index (χ1) is 9.12. The Hall–Kier alpha value is -2.18. The van der Waals surface area contributed by atoms with Crippen LogP contribution in [0.5, 0.6) is 0 Å². The number of aryl methyl sites for hydroxylation is 1. The molecule has 20 heavy (non-hydrogen) atoms. The second-order valence-corrected chi connectivity index (χ2v) is 5.28. The summed E-state index contributed by atoms with van der Waals surface area (Å²) in [5, 5.41) is 22.5. The highest BCUT2D eigenvalue weighted by Gasteiger charge is 2.24. The lowest BCUT2D eigenvalue weighted by atomic mass is 9.97. The fourth-order valence-corrected chi connectivity index (χ4v) is 1.77. The fourth-order valence-electron chi connectivity index (χ4n) is 1.77. The molecule has 0 aliphatic carbocycles. The number of nitro benzene ring substituents is 1. The maximum Gasteiger partial charge on any atom is 0.303 e. The van der Waals surface area contributed by atoms with Crippen molar-refractivity contribution in [1.29, 1.82) is 0 Å². The van der Waals surface area contributed by atoms with Crippen LogP contribution in [0.4, 0.5) is 15.8 Å². The molecule has 0 atom stereocenters. The van der Waals surface area contributed by atoms with Crippen LogP contribution in [0.25, 0.3) is 0 Å². The van der Waals surface area contributed by atoms with Gasteiger partial charge in [0.2, 0.25) is 0 Å². The van der Waals surface area contributed by atoms with Crippen LogP contribution in [-0.2, 0) is 4.79 Å². The zero-order valence-corrected chi connectivity index (χ0v) is 11.6. The molecule has 0 aliphatic rings. The minimum absolute atomic E-state index is 0.0615. The molecule has 1 aromatic rings. The molecule has 7 heteroatoms. The van der Waals surface area contributed by atoms with E-state index >= 15 is 0 Å². The molecule has 0 saturated heterocycles. The third-order valence-corrected chi connectivity index (χ3v) is 2.91. The van der Waals surface area contributed by atoms with Crippen LogP contribution in [0.2, 0.25) is 0 Å². The molecule has 0 bridgehead atoms. The zero-order chi connectivity index (χ0) is 15.5. The molecule has 0 fully saturated rings. The van der Waals surface area contributed by atoms with Crippen LogP contribution in [0.15, 0.2) is 12.1 Å². The molecule has 1 rings (SSSR count). The van der Waals surface area contributed by atoms with Gasteiger partial charge in [-0.3, -0.25) is 14.9 Å². The Balaban J connectivity index is 3.04. The summed E-state index contributed by atoms with van der Waals surface area (Å²) in [4.78, 5) is 20.9. The van der Waals surface area contributed by atoms with Gasteiger partial charge in [-0.25, -0.2) is 4.39 Å². The number of carbonyl (C=O) groups is 1. The van der Waals surface area contributed by atoms with Gasteiger partial charge >= 0.3 is 5.97 Å². The van der Waals surface area contributed by atoms with E-state index in [0.29, 0.717) is 0 Å². The maximum absolute atomic E-state index is 13.4. The normalized spacial score (nSPS) is 11.2. The molecule has 0 unspecified atom stereocenters. The van der Waals surface area contributed by atoms with Gasteiger partial charge in [0.25, 0.3) is 5.69 Å². The van der Waals surface area contributed by atoms with Gasteiger partial charge in [0.05, 0.1) is 11.0 Å². The van der Waals surface area contributed by atoms with Crippen molar-refractivity contribution in [3.63, 3.8) is 0 Å². The summed E-state index contributed by atoms with van der Waals surface area (Å²) < 4.78 is 13.4. The number of carboxylic acids is 1. The van der Waals surface area contributed by atoms with Gasteiger partial charge in [-0.2, -0.15) is 0 Å². The van der Waals surface area contributed by atoms with Crippen molar-refractivity contribution in [3.8, 4) is 0 Å². The van der Waals surface area contributed by atoms with Gasteiger partial charge in [0.15, 0.2) is 0 Å². The number of anilines is 1. The highest BCUT2D eigenvalue weighted by molar-refractivity contribution is 5.67. The molecule has 6 nitrogen and oxygen atoms in total. The minimum atomic E-state index is -0.940. The maximum atomic E-state index is 13.4. The van der Waals surface area contributed by atoms with Crippen molar-refractivity contribution >= 4 is 17.3 Å². The van der Waals surface area contributed by atoms with Crippen LogP contribution < -0.4 is 5.32 Å². The van der Waals surface area contributed by atoms with Gasteiger partial charge in [-0.1, -0.05) is 0 Å². The van der Waals surface area contributed by atoms with Gasteiger partial charge < -0.3 is 10.4 Å². The van der Waals surface area contributed by atoms with Crippen molar-refractivity contribution in [3.05, 3.63) is 33.6 Å². The van der Waals surface area contributed by atoms with E-state index in [9.17, 15) is 19.3 Å². The number of benzene rings is 1. The molecule has 1 aromatic carbocycles. The Bertz CT molecular complexity index is 543. The Kier molecular flexibility index (Phi) is 4.65. The smallest absolute Gasteiger partial charge is 0.303 e. The van der Waals surface area contributed by atoms with E-state index in [2.05, 4.69) is 5.32 Å². The minimum Gasteiger partial charge on any atom is -0.481 e. The molecule has 0 aromatic heterocycles. The summed E-state index contributed by atoms with van der Waals surface area (Å²) in [5.74, 6) is -1.59. The van der Waals surface area contributed by atoms with E-state index in [1.54, 1.807) is 13.8 Å². The van der Waals surface area contributed by atoms with Crippen LogP contribution in [0, 0.1) is 22.9 Å². The summed E-state index contributed by atoms with van der Waals surface area (Å²) in [6.45, 7) is 4.98. The number of nitrogens with one attached hydrogen (secondary N) is 1. The Morgan fingerprint density at radius 3 is 2.60 bits per heavy atom. The van der Waals surface area contributed by atoms with Crippen LogP contribution in [0.3, 0.4) is 0 Å². The van der Waals surface area contributed by atoms with Crippen molar-refractivity contribution in [2.75, 3.05) is 5.32 Å². The number of carboxylic acid groups (broad SMARTS) is 1. The van der Waals surface area contributed by atoms with E-state index in [0.717, 1.165) is 6.07 Å². The summed E-state index contributed by atoms with van der Waals surface area (Å²) in [7, 11) is 0. The first-order valence-corrected chi connectivity index (χ1v) is 6.07. The van der Waals surface area contributed by atoms with Crippen molar-refractivity contribution in [1.82, 2.24) is 0 Å². The molecule has 2 N–H and O–H groups in total. The largest absolute Gasteiger partial charge is 0.481 e. The SMILES string of the molecule is Cc1cc(NC(C)(C)CCC(=O)O)c([N+](=O)[O-])cc1F. The summed E-state index contributed by atoms with van der Waals surface area (Å²) >= 11 is 0. The lowest BCUT2D eigenvalue weighted by Crippen LogP contribution is -2.32. The highest BCUT2D eigenvalue weighted by atomic mass is 19.1. The molecule has 110 valence electrons. The monoisotopic (exact) mass is 284 g/mol. The third-order valence-electron chi connectivity index (χ3n) is 2.91. The summed E-state index contributed by atoms with van der Waals surface area (Å²) in [6.07, 6.45) is 0.226. The molecule has 0 heterocycles. The van der Waals surface area contributed by atoms with E-state index in [1.165, 1.54) is 13.0 Å². The second-order valence-electron chi connectivity index (χ2n) is 5.28. The van der Waals surface area contributed by atoms with Gasteiger partial charge in [0.1, 0.15) is 11.5 Å². The third kappa shape index (κ3) is 4.18. The number of nitro groups is 1. The fraction of sp³-hybridized carbons (Fsp3) is 0.462. The Morgan fingerprint density at radius 2 is 2.10 bits per heavy atom. The van der Waals surface area contributed by atoms with Crippen LogP contribution in [-0.4, -0.2) is 21.5 Å². The molecular weight excluding hydrogens is 267 g/mol. The average molecular weight is 284 g/mol. The number of halogens is 1. The number of hydrogen-bond donors (Lipinski definition) is 2. The molecule has 0 saturated carbocycles. The molecule has 0 amide bonds.